The summed E-state index contributed by atoms with van der Waals surface area (Å²) >= 11 is 5.94. The number of nitrogens with zero attached hydrogens (tertiary/aromatic N) is 2. The molecule has 0 N–H and O–H groups in total. The van der Waals surface area contributed by atoms with Crippen molar-refractivity contribution < 1.29 is 23.9 Å². The minimum atomic E-state index is -0.622. The van der Waals surface area contributed by atoms with E-state index in [0.29, 0.717) is 28.2 Å². The second kappa shape index (κ2) is 7.77. The molecule has 0 radical (unpaired) electrons. The van der Waals surface area contributed by atoms with Crippen LogP contribution >= 0.6 is 11.6 Å². The zero-order valence-corrected chi connectivity index (χ0v) is 20.0. The van der Waals surface area contributed by atoms with Crippen LogP contribution in [-0.4, -0.2) is 30.2 Å². The lowest BCUT2D eigenvalue weighted by molar-refractivity contribution is -0.139. The minimum Gasteiger partial charge on any atom is -0.426 e. The van der Waals surface area contributed by atoms with E-state index in [1.807, 2.05) is 0 Å². The monoisotopic (exact) mass is 502 g/mol. The highest BCUT2D eigenvalue weighted by Gasteiger charge is 2.67. The molecular weight excluding hydrogens is 480 g/mol. The molecular formula is C28H23ClN2O5. The number of ether oxygens (including phenoxy) is 1. The van der Waals surface area contributed by atoms with Crippen LogP contribution in [0.25, 0.3) is 0 Å². The molecule has 2 aromatic carbocycles. The highest BCUT2D eigenvalue weighted by molar-refractivity contribution is 6.30. The fourth-order valence-corrected chi connectivity index (χ4v) is 6.96. The number of amides is 3. The van der Waals surface area contributed by atoms with Crippen LogP contribution in [0.1, 0.15) is 12.8 Å². The number of anilines is 2. The van der Waals surface area contributed by atoms with Crippen LogP contribution < -0.4 is 14.5 Å². The summed E-state index contributed by atoms with van der Waals surface area (Å²) in [6.45, 7) is 0.212. The average Bonchev–Trinajstić information content (AvgIpc) is 3.55. The van der Waals surface area contributed by atoms with Crippen LogP contribution in [0.15, 0.2) is 60.7 Å². The molecule has 6 aliphatic rings. The van der Waals surface area contributed by atoms with Crippen molar-refractivity contribution in [2.45, 2.75) is 12.8 Å². The molecule has 0 unspecified atom stereocenters. The van der Waals surface area contributed by atoms with Crippen LogP contribution in [0, 0.1) is 41.4 Å². The van der Waals surface area contributed by atoms with E-state index >= 15 is 0 Å². The van der Waals surface area contributed by atoms with E-state index in [2.05, 4.69) is 12.2 Å². The second-order valence-corrected chi connectivity index (χ2v) is 10.9. The van der Waals surface area contributed by atoms with Gasteiger partial charge in [0.25, 0.3) is 0 Å². The first-order valence-electron chi connectivity index (χ1n) is 12.3. The van der Waals surface area contributed by atoms with Crippen LogP contribution in [0.5, 0.6) is 5.75 Å². The van der Waals surface area contributed by atoms with Crippen molar-refractivity contribution in [3.05, 3.63) is 65.7 Å². The Bertz CT molecular complexity index is 1320. The lowest BCUT2D eigenvalue weighted by Crippen LogP contribution is -2.40. The Morgan fingerprint density at radius 3 is 2.22 bits per heavy atom. The van der Waals surface area contributed by atoms with Crippen LogP contribution in [0.3, 0.4) is 0 Å². The quantitative estimate of drug-likeness (QED) is 0.274. The Kier molecular flexibility index (Phi) is 4.71. The predicted octanol–water partition coefficient (Wildman–Crippen LogP) is 3.86. The number of hydrogen-bond acceptors (Lipinski definition) is 5. The first-order valence-corrected chi connectivity index (χ1v) is 12.7. The zero-order chi connectivity index (χ0) is 24.7. The van der Waals surface area contributed by atoms with Gasteiger partial charge in [0.2, 0.25) is 17.7 Å². The van der Waals surface area contributed by atoms with E-state index in [1.165, 1.54) is 4.90 Å². The molecule has 7 atom stereocenters. The van der Waals surface area contributed by atoms with Crippen molar-refractivity contribution in [2.24, 2.45) is 41.4 Å². The van der Waals surface area contributed by atoms with Gasteiger partial charge in [-0.15, -0.1) is 0 Å². The number of allylic oxidation sites excluding steroid dienone is 2. The summed E-state index contributed by atoms with van der Waals surface area (Å²) in [6.07, 6.45) is 5.44. The maximum atomic E-state index is 13.4. The number of esters is 1. The molecule has 3 amide bonds. The number of carbonyl (C=O) groups excluding carboxylic acids is 4. The van der Waals surface area contributed by atoms with Crippen molar-refractivity contribution in [2.75, 3.05) is 16.3 Å². The Morgan fingerprint density at radius 1 is 0.889 bits per heavy atom. The molecule has 182 valence electrons. The molecule has 36 heavy (non-hydrogen) atoms. The summed E-state index contributed by atoms with van der Waals surface area (Å²) in [5.74, 6) is -0.576. The molecule has 8 heteroatoms. The summed E-state index contributed by atoms with van der Waals surface area (Å²) in [6, 6.07) is 13.4. The molecule has 2 aromatic rings. The van der Waals surface area contributed by atoms with Crippen molar-refractivity contribution in [3.63, 3.8) is 0 Å². The van der Waals surface area contributed by atoms with E-state index < -0.39 is 11.9 Å². The van der Waals surface area contributed by atoms with Crippen molar-refractivity contribution in [1.29, 1.82) is 0 Å². The first-order chi connectivity index (χ1) is 17.4. The van der Waals surface area contributed by atoms with Crippen molar-refractivity contribution in [1.82, 2.24) is 0 Å². The van der Waals surface area contributed by atoms with Crippen molar-refractivity contribution >= 4 is 46.7 Å². The fourth-order valence-electron chi connectivity index (χ4n) is 6.83. The van der Waals surface area contributed by atoms with E-state index in [0.717, 1.165) is 6.42 Å². The van der Waals surface area contributed by atoms with E-state index in [-0.39, 0.29) is 60.1 Å². The fraction of sp³-hybridized carbons (Fsp3) is 0.357. The summed E-state index contributed by atoms with van der Waals surface area (Å²) in [7, 11) is 0. The van der Waals surface area contributed by atoms with Crippen molar-refractivity contribution in [3.8, 4) is 5.75 Å². The molecule has 4 aliphatic carbocycles. The maximum absolute atomic E-state index is 13.4. The lowest BCUT2D eigenvalue weighted by atomic mass is 9.63. The molecule has 2 saturated carbocycles. The lowest BCUT2D eigenvalue weighted by Gasteiger charge is -2.37. The highest BCUT2D eigenvalue weighted by atomic mass is 35.5. The largest absolute Gasteiger partial charge is 0.426 e. The average molecular weight is 503 g/mol. The third-order valence-corrected chi connectivity index (χ3v) is 8.81. The van der Waals surface area contributed by atoms with E-state index in [9.17, 15) is 19.2 Å². The molecule has 2 bridgehead atoms. The number of hydrogen-bond donors (Lipinski definition) is 0. The summed E-state index contributed by atoms with van der Waals surface area (Å²) in [5, 5.41) is 0.566. The van der Waals surface area contributed by atoms with Gasteiger partial charge >= 0.3 is 5.97 Å². The Hall–Kier alpha value is -3.45. The Balaban J connectivity index is 1.07. The van der Waals surface area contributed by atoms with Gasteiger partial charge in [-0.3, -0.25) is 19.2 Å². The van der Waals surface area contributed by atoms with Gasteiger partial charge in [0, 0.05) is 29.7 Å². The van der Waals surface area contributed by atoms with Gasteiger partial charge < -0.3 is 9.64 Å². The molecule has 0 aromatic heterocycles. The van der Waals surface area contributed by atoms with Crippen LogP contribution in [-0.2, 0) is 19.2 Å². The number of carbonyl (C=O) groups is 4. The van der Waals surface area contributed by atoms with Gasteiger partial charge in [-0.2, -0.15) is 0 Å². The molecule has 7 nitrogen and oxygen atoms in total. The van der Waals surface area contributed by atoms with Crippen LogP contribution in [0.2, 0.25) is 5.02 Å². The molecule has 0 spiro atoms. The molecule has 2 saturated heterocycles. The predicted molar refractivity (Wildman–Crippen MR) is 131 cm³/mol. The molecule has 4 fully saturated rings. The summed E-state index contributed by atoms with van der Waals surface area (Å²) < 4.78 is 5.62. The Labute approximate surface area is 212 Å². The second-order valence-electron chi connectivity index (χ2n) is 10.5. The maximum Gasteiger partial charge on any atom is 0.316 e. The third kappa shape index (κ3) is 3.18. The highest BCUT2D eigenvalue weighted by Crippen LogP contribution is 2.65. The first kappa shape index (κ1) is 21.8. The number of halogens is 1. The zero-order valence-electron chi connectivity index (χ0n) is 19.2. The van der Waals surface area contributed by atoms with Crippen LogP contribution in [0.4, 0.5) is 11.4 Å². The van der Waals surface area contributed by atoms with Gasteiger partial charge in [0.15, 0.2) is 0 Å². The number of imide groups is 1. The summed E-state index contributed by atoms with van der Waals surface area (Å²) in [5.41, 5.74) is 1.10. The van der Waals surface area contributed by atoms with E-state index in [4.69, 9.17) is 16.3 Å². The smallest absolute Gasteiger partial charge is 0.316 e. The van der Waals surface area contributed by atoms with Gasteiger partial charge in [-0.05, 0) is 66.5 Å². The normalized spacial score (nSPS) is 33.7. The Morgan fingerprint density at radius 2 is 1.56 bits per heavy atom. The molecule has 2 heterocycles. The van der Waals surface area contributed by atoms with Gasteiger partial charge in [-0.25, -0.2) is 4.90 Å². The van der Waals surface area contributed by atoms with E-state index in [1.54, 1.807) is 53.4 Å². The van der Waals surface area contributed by atoms with Gasteiger partial charge in [0.05, 0.1) is 23.4 Å². The molecule has 2 aliphatic heterocycles. The third-order valence-electron chi connectivity index (χ3n) is 8.55. The van der Waals surface area contributed by atoms with Gasteiger partial charge in [0.1, 0.15) is 5.75 Å². The summed E-state index contributed by atoms with van der Waals surface area (Å²) in [4.78, 5) is 55.1. The minimum absolute atomic E-state index is 0.0473. The standard InChI is InChI=1S/C28H23ClN2O5/c29-15-4-6-16(7-5-15)30-13-14(10-23(30)32)28(35)36-18-3-1-2-17(11-18)31-26(33)24-19-8-9-20(22-12-21(19)22)25(24)27(31)34/h1-9,11,14,19-22,24-25H,10,12-13H2/t14-,19+,20+,21-,22+,24-,25-/m1/s1. The number of benzene rings is 2. The SMILES string of the molecule is O=C(Oc1cccc(N2C(=O)[C@@H]3[C@H]4C=C[C@@H]([C@@H]5C[C@H]45)[C@H]3C2=O)c1)[C@@H]1CC(=O)N(c2ccc(Cl)cc2)C1. The topological polar surface area (TPSA) is 84.0 Å². The number of rotatable bonds is 4. The molecule has 8 rings (SSSR count). The van der Waals surface area contributed by atoms with Gasteiger partial charge in [-0.1, -0.05) is 29.8 Å².